The number of hydrogen-bond acceptors (Lipinski definition) is 3. The maximum atomic E-state index is 11.9. The Balaban J connectivity index is 1.94. The second-order valence-corrected chi connectivity index (χ2v) is 5.06. The minimum atomic E-state index is -0.0656. The van der Waals surface area contributed by atoms with E-state index in [2.05, 4.69) is 26.2 Å². The Morgan fingerprint density at radius 2 is 2.41 bits per heavy atom. The number of carbonyl (C=O) groups is 1. The maximum Gasteiger partial charge on any atom is 0.253 e. The first-order chi connectivity index (χ1) is 8.15. The van der Waals surface area contributed by atoms with E-state index in [9.17, 15) is 4.79 Å². The highest BCUT2D eigenvalue weighted by Crippen LogP contribution is 2.14. The van der Waals surface area contributed by atoms with Gasteiger partial charge in [-0.1, -0.05) is 0 Å². The van der Waals surface area contributed by atoms with Crippen LogP contribution in [0.5, 0.6) is 0 Å². The van der Waals surface area contributed by atoms with Gasteiger partial charge < -0.3 is 10.1 Å². The Bertz CT molecular complexity index is 394. The van der Waals surface area contributed by atoms with Gasteiger partial charge in [0.1, 0.15) is 4.60 Å². The van der Waals surface area contributed by atoms with Crippen LogP contribution in [0.15, 0.2) is 22.9 Å². The first kappa shape index (κ1) is 12.5. The summed E-state index contributed by atoms with van der Waals surface area (Å²) < 4.78 is 6.17. The van der Waals surface area contributed by atoms with Gasteiger partial charge in [0.25, 0.3) is 5.91 Å². The molecule has 1 aromatic rings. The van der Waals surface area contributed by atoms with E-state index in [1.807, 2.05) is 6.92 Å². The largest absolute Gasteiger partial charge is 0.378 e. The molecule has 92 valence electrons. The zero-order valence-electron chi connectivity index (χ0n) is 9.65. The molecule has 1 aliphatic rings. The first-order valence-electron chi connectivity index (χ1n) is 5.69. The number of nitrogens with zero attached hydrogens (tertiary/aromatic N) is 1. The number of aromatic nitrogens is 1. The van der Waals surface area contributed by atoms with Gasteiger partial charge in [-0.25, -0.2) is 4.98 Å². The van der Waals surface area contributed by atoms with E-state index in [1.54, 1.807) is 18.3 Å². The molecule has 1 amide bonds. The average molecular weight is 299 g/mol. The van der Waals surface area contributed by atoms with Crippen molar-refractivity contribution in [3.8, 4) is 0 Å². The topological polar surface area (TPSA) is 51.2 Å². The summed E-state index contributed by atoms with van der Waals surface area (Å²) in [6, 6.07) is 3.73. The smallest absolute Gasteiger partial charge is 0.253 e. The molecule has 0 aliphatic carbocycles. The first-order valence-corrected chi connectivity index (χ1v) is 6.48. The highest BCUT2D eigenvalue weighted by molar-refractivity contribution is 9.10. The number of ether oxygens (including phenoxy) is 1. The molecule has 1 saturated heterocycles. The van der Waals surface area contributed by atoms with Gasteiger partial charge in [-0.15, -0.1) is 0 Å². The molecule has 1 aromatic heterocycles. The number of rotatable bonds is 2. The highest BCUT2D eigenvalue weighted by atomic mass is 79.9. The number of amides is 1. The van der Waals surface area contributed by atoms with Crippen LogP contribution in [0.2, 0.25) is 0 Å². The molecule has 0 saturated carbocycles. The van der Waals surface area contributed by atoms with Crippen molar-refractivity contribution < 1.29 is 9.53 Å². The SMILES string of the molecule is CC1CC(NC(=O)c2ccc(Br)nc2)CCO1. The maximum absolute atomic E-state index is 11.9. The number of hydrogen-bond donors (Lipinski definition) is 1. The van der Waals surface area contributed by atoms with Crippen molar-refractivity contribution in [1.29, 1.82) is 0 Å². The molecule has 0 radical (unpaired) electrons. The molecule has 1 N–H and O–H groups in total. The molecule has 1 aliphatic heterocycles. The fourth-order valence-electron chi connectivity index (χ4n) is 1.91. The fraction of sp³-hybridized carbons (Fsp3) is 0.500. The standard InChI is InChI=1S/C12H15BrN2O2/c1-8-6-10(4-5-17-8)15-12(16)9-2-3-11(13)14-7-9/h2-3,7-8,10H,4-6H2,1H3,(H,15,16). The predicted octanol–water partition coefficient (Wildman–Crippen LogP) is 2.14. The number of halogens is 1. The molecular formula is C12H15BrN2O2. The van der Waals surface area contributed by atoms with Gasteiger partial charge >= 0.3 is 0 Å². The Morgan fingerprint density at radius 3 is 3.06 bits per heavy atom. The minimum Gasteiger partial charge on any atom is -0.378 e. The summed E-state index contributed by atoms with van der Waals surface area (Å²) in [5.41, 5.74) is 0.590. The zero-order valence-corrected chi connectivity index (χ0v) is 11.2. The van der Waals surface area contributed by atoms with E-state index in [0.29, 0.717) is 12.2 Å². The van der Waals surface area contributed by atoms with E-state index < -0.39 is 0 Å². The second-order valence-electron chi connectivity index (χ2n) is 4.25. The summed E-state index contributed by atoms with van der Waals surface area (Å²) in [6.07, 6.45) is 3.54. The lowest BCUT2D eigenvalue weighted by Gasteiger charge is -2.27. The van der Waals surface area contributed by atoms with E-state index >= 15 is 0 Å². The van der Waals surface area contributed by atoms with Crippen LogP contribution in [0.1, 0.15) is 30.1 Å². The third kappa shape index (κ3) is 3.51. The van der Waals surface area contributed by atoms with Crippen molar-refractivity contribution in [2.75, 3.05) is 6.61 Å². The molecule has 2 heterocycles. The van der Waals surface area contributed by atoms with Crippen LogP contribution >= 0.6 is 15.9 Å². The van der Waals surface area contributed by atoms with E-state index in [4.69, 9.17) is 4.74 Å². The zero-order chi connectivity index (χ0) is 12.3. The van der Waals surface area contributed by atoms with Gasteiger partial charge in [-0.2, -0.15) is 0 Å². The van der Waals surface area contributed by atoms with Gasteiger partial charge in [0.2, 0.25) is 0 Å². The average Bonchev–Trinajstić information content (AvgIpc) is 2.29. The van der Waals surface area contributed by atoms with Crippen molar-refractivity contribution in [3.63, 3.8) is 0 Å². The van der Waals surface area contributed by atoms with Gasteiger partial charge in [0.05, 0.1) is 11.7 Å². The van der Waals surface area contributed by atoms with Crippen LogP contribution in [0.3, 0.4) is 0 Å². The molecule has 2 unspecified atom stereocenters. The van der Waals surface area contributed by atoms with Gasteiger partial charge in [-0.05, 0) is 47.8 Å². The van der Waals surface area contributed by atoms with Crippen LogP contribution in [0, 0.1) is 0 Å². The quantitative estimate of drug-likeness (QED) is 0.851. The van der Waals surface area contributed by atoms with Crippen molar-refractivity contribution in [1.82, 2.24) is 10.3 Å². The number of nitrogens with one attached hydrogen (secondary N) is 1. The number of pyridine rings is 1. The van der Waals surface area contributed by atoms with E-state index in [-0.39, 0.29) is 18.1 Å². The summed E-state index contributed by atoms with van der Waals surface area (Å²) >= 11 is 3.24. The van der Waals surface area contributed by atoms with Crippen molar-refractivity contribution in [2.45, 2.75) is 31.9 Å². The third-order valence-electron chi connectivity index (χ3n) is 2.81. The van der Waals surface area contributed by atoms with Crippen molar-refractivity contribution >= 4 is 21.8 Å². The van der Waals surface area contributed by atoms with Crippen molar-refractivity contribution in [2.24, 2.45) is 0 Å². The summed E-state index contributed by atoms with van der Waals surface area (Å²) in [5.74, 6) is -0.0656. The van der Waals surface area contributed by atoms with E-state index in [0.717, 1.165) is 17.4 Å². The molecule has 1 fully saturated rings. The molecule has 2 rings (SSSR count). The highest BCUT2D eigenvalue weighted by Gasteiger charge is 2.21. The lowest BCUT2D eigenvalue weighted by molar-refractivity contribution is 0.0136. The number of carbonyl (C=O) groups excluding carboxylic acids is 1. The fourth-order valence-corrected chi connectivity index (χ4v) is 2.14. The normalized spacial score (nSPS) is 24.4. The van der Waals surface area contributed by atoms with Gasteiger partial charge in [0, 0.05) is 18.8 Å². The lowest BCUT2D eigenvalue weighted by atomic mass is 10.0. The van der Waals surface area contributed by atoms with Gasteiger partial charge in [0.15, 0.2) is 0 Å². The van der Waals surface area contributed by atoms with Crippen molar-refractivity contribution in [3.05, 3.63) is 28.5 Å². The Hall–Kier alpha value is -0.940. The molecule has 0 spiro atoms. The molecule has 0 aromatic carbocycles. The van der Waals surface area contributed by atoms with Crippen LogP contribution in [-0.2, 0) is 4.74 Å². The molecule has 17 heavy (non-hydrogen) atoms. The Morgan fingerprint density at radius 1 is 1.59 bits per heavy atom. The lowest BCUT2D eigenvalue weighted by Crippen LogP contribution is -2.41. The summed E-state index contributed by atoms with van der Waals surface area (Å²) in [6.45, 7) is 2.74. The monoisotopic (exact) mass is 298 g/mol. The summed E-state index contributed by atoms with van der Waals surface area (Å²) in [7, 11) is 0. The van der Waals surface area contributed by atoms with Crippen LogP contribution in [0.4, 0.5) is 0 Å². The molecule has 4 nitrogen and oxygen atoms in total. The molecular weight excluding hydrogens is 284 g/mol. The molecule has 5 heteroatoms. The summed E-state index contributed by atoms with van der Waals surface area (Å²) in [4.78, 5) is 16.0. The minimum absolute atomic E-state index is 0.0656. The summed E-state index contributed by atoms with van der Waals surface area (Å²) in [5, 5.41) is 3.01. The van der Waals surface area contributed by atoms with Gasteiger partial charge in [-0.3, -0.25) is 4.79 Å². The van der Waals surface area contributed by atoms with Crippen LogP contribution < -0.4 is 5.32 Å². The van der Waals surface area contributed by atoms with Crippen LogP contribution in [0.25, 0.3) is 0 Å². The Labute approximate surface area is 109 Å². The predicted molar refractivity (Wildman–Crippen MR) is 67.8 cm³/mol. The third-order valence-corrected chi connectivity index (χ3v) is 3.28. The van der Waals surface area contributed by atoms with E-state index in [1.165, 1.54) is 0 Å². The van der Waals surface area contributed by atoms with Crippen LogP contribution in [-0.4, -0.2) is 29.6 Å². The molecule has 0 bridgehead atoms. The Kier molecular flexibility index (Phi) is 4.12. The second kappa shape index (κ2) is 5.60. The molecule has 2 atom stereocenters.